The largest absolute Gasteiger partial charge is 0.629 e. The molecule has 0 bridgehead atoms. The molecule has 0 rings (SSSR count). The Morgan fingerprint density at radius 2 is 2.25 bits per heavy atom. The lowest BCUT2D eigenvalue weighted by molar-refractivity contribution is -0.767. The normalized spacial score (nSPS) is 15.6. The Hall–Kier alpha value is -0.600. The summed E-state index contributed by atoms with van der Waals surface area (Å²) in [5, 5.41) is 10.4. The lowest BCUT2D eigenvalue weighted by atomic mass is 10.3. The van der Waals surface area contributed by atoms with Crippen molar-refractivity contribution < 1.29 is 5.06 Å². The summed E-state index contributed by atoms with van der Waals surface area (Å²) >= 11 is 0. The van der Waals surface area contributed by atoms with Gasteiger partial charge in [-0.25, -0.2) is 0 Å². The number of allylic oxidation sites excluding steroid dienone is 2. The summed E-state index contributed by atoms with van der Waals surface area (Å²) in [6.45, 7) is 5.33. The summed E-state index contributed by atoms with van der Waals surface area (Å²) in [7, 11) is 1.52. The van der Waals surface area contributed by atoms with Crippen molar-refractivity contribution in [3.8, 4) is 0 Å². The molecule has 0 saturated carbocycles. The Bertz CT molecular complexity index is 105. The van der Waals surface area contributed by atoms with Gasteiger partial charge in [0.15, 0.2) is 0 Å². The zero-order valence-corrected chi connectivity index (χ0v) is 5.27. The molecule has 46 valence electrons. The van der Waals surface area contributed by atoms with E-state index in [2.05, 4.69) is 6.58 Å². The van der Waals surface area contributed by atoms with Gasteiger partial charge in [0.05, 0.1) is 13.2 Å². The van der Waals surface area contributed by atoms with Gasteiger partial charge in [0.25, 0.3) is 0 Å². The molecule has 0 fully saturated rings. The van der Waals surface area contributed by atoms with Crippen molar-refractivity contribution in [2.45, 2.75) is 6.92 Å². The quantitative estimate of drug-likeness (QED) is 0.399. The van der Waals surface area contributed by atoms with Crippen LogP contribution in [0.25, 0.3) is 0 Å². The molecule has 2 heteroatoms. The van der Waals surface area contributed by atoms with Crippen molar-refractivity contribution in [2.24, 2.45) is 0 Å². The molecule has 0 amide bonds. The molecule has 0 spiro atoms. The number of hydrogen-bond donors (Lipinski definition) is 1. The molecular formula is C6H11NO. The molecular weight excluding hydrogens is 102 g/mol. The van der Waals surface area contributed by atoms with Crippen LogP contribution in [0, 0.1) is 5.21 Å². The molecule has 8 heavy (non-hydrogen) atoms. The molecule has 0 aliphatic carbocycles. The number of rotatable bonds is 2. The van der Waals surface area contributed by atoms with E-state index in [4.69, 9.17) is 0 Å². The third kappa shape index (κ3) is 3.59. The van der Waals surface area contributed by atoms with Crippen LogP contribution < -0.4 is 5.06 Å². The second-order valence-electron chi connectivity index (χ2n) is 1.70. The summed E-state index contributed by atoms with van der Waals surface area (Å²) in [5.41, 5.74) is 0.914. The minimum absolute atomic E-state index is 0.0717. The number of nitrogens with one attached hydrogen (secondary N) is 1. The lowest BCUT2D eigenvalue weighted by Gasteiger charge is -2.09. The van der Waals surface area contributed by atoms with Crippen molar-refractivity contribution in [1.29, 1.82) is 0 Å². The van der Waals surface area contributed by atoms with Gasteiger partial charge in [-0.2, -0.15) is 0 Å². The zero-order chi connectivity index (χ0) is 6.57. The highest BCUT2D eigenvalue weighted by Crippen LogP contribution is 1.84. The number of hydrogen-bond acceptors (Lipinski definition) is 1. The zero-order valence-electron chi connectivity index (χ0n) is 5.27. The molecule has 2 nitrogen and oxygen atoms in total. The monoisotopic (exact) mass is 113 g/mol. The third-order valence-corrected chi connectivity index (χ3v) is 0.753. The van der Waals surface area contributed by atoms with Gasteiger partial charge in [0.1, 0.15) is 0 Å². The minimum Gasteiger partial charge on any atom is -0.629 e. The fourth-order valence-corrected chi connectivity index (χ4v) is 0.380. The number of hydroxylamine groups is 2. The highest BCUT2D eigenvalue weighted by atomic mass is 16.5. The molecule has 0 aromatic rings. The Kier molecular flexibility index (Phi) is 3.15. The van der Waals surface area contributed by atoms with Crippen LogP contribution in [0.2, 0.25) is 0 Å². The van der Waals surface area contributed by atoms with Crippen LogP contribution in [-0.4, -0.2) is 7.05 Å². The average molecular weight is 113 g/mol. The first-order valence-corrected chi connectivity index (χ1v) is 2.48. The Labute approximate surface area is 49.7 Å². The van der Waals surface area contributed by atoms with E-state index in [-0.39, 0.29) is 5.06 Å². The molecule has 0 aromatic carbocycles. The van der Waals surface area contributed by atoms with E-state index >= 15 is 0 Å². The van der Waals surface area contributed by atoms with Crippen molar-refractivity contribution in [2.75, 3.05) is 7.05 Å². The molecule has 1 N–H and O–H groups in total. The van der Waals surface area contributed by atoms with Crippen molar-refractivity contribution in [1.82, 2.24) is 0 Å². The minimum atomic E-state index is 0.0717. The van der Waals surface area contributed by atoms with E-state index in [1.807, 2.05) is 6.92 Å². The fourth-order valence-electron chi connectivity index (χ4n) is 0.380. The molecule has 0 heterocycles. The van der Waals surface area contributed by atoms with Crippen molar-refractivity contribution in [3.05, 3.63) is 29.6 Å². The smallest absolute Gasteiger partial charge is 0.0969 e. The van der Waals surface area contributed by atoms with E-state index in [1.54, 1.807) is 12.3 Å². The summed E-state index contributed by atoms with van der Waals surface area (Å²) in [5.74, 6) is 0. The first kappa shape index (κ1) is 7.40. The molecule has 0 saturated heterocycles. The summed E-state index contributed by atoms with van der Waals surface area (Å²) in [4.78, 5) is 0. The number of quaternary nitrogens is 1. The van der Waals surface area contributed by atoms with Gasteiger partial charge in [-0.1, -0.05) is 12.7 Å². The standard InChI is InChI=1S/C6H11NO/c1-4-6(2)5-7(3)8/h4-5,7H,1H2,2-3H3/b6-5-. The Morgan fingerprint density at radius 1 is 1.75 bits per heavy atom. The van der Waals surface area contributed by atoms with Crippen LogP contribution in [0.1, 0.15) is 6.92 Å². The van der Waals surface area contributed by atoms with Gasteiger partial charge < -0.3 is 10.3 Å². The maximum absolute atomic E-state index is 10.3. The van der Waals surface area contributed by atoms with Gasteiger partial charge in [-0.15, -0.1) is 0 Å². The SMILES string of the molecule is C=C/C(C)=C\[NH+](C)[O-]. The third-order valence-electron chi connectivity index (χ3n) is 0.753. The van der Waals surface area contributed by atoms with E-state index in [0.717, 1.165) is 5.57 Å². The van der Waals surface area contributed by atoms with Gasteiger partial charge in [-0.3, -0.25) is 0 Å². The Morgan fingerprint density at radius 3 is 2.38 bits per heavy atom. The van der Waals surface area contributed by atoms with Gasteiger partial charge in [-0.05, 0) is 6.92 Å². The van der Waals surface area contributed by atoms with Crippen LogP contribution in [0.5, 0.6) is 0 Å². The summed E-state index contributed by atoms with van der Waals surface area (Å²) in [6, 6.07) is 0. The van der Waals surface area contributed by atoms with Crippen LogP contribution in [0.15, 0.2) is 24.4 Å². The molecule has 1 unspecified atom stereocenters. The fraction of sp³-hybridized carbons (Fsp3) is 0.333. The first-order chi connectivity index (χ1) is 3.66. The molecule has 0 aliphatic heterocycles. The Balaban J connectivity index is 3.74. The van der Waals surface area contributed by atoms with Crippen LogP contribution in [0.3, 0.4) is 0 Å². The van der Waals surface area contributed by atoms with E-state index < -0.39 is 0 Å². The van der Waals surface area contributed by atoms with E-state index in [9.17, 15) is 5.21 Å². The topological polar surface area (TPSA) is 27.5 Å². The second kappa shape index (κ2) is 3.41. The predicted molar refractivity (Wildman–Crippen MR) is 34.2 cm³/mol. The molecule has 0 radical (unpaired) electrons. The van der Waals surface area contributed by atoms with E-state index in [1.165, 1.54) is 7.05 Å². The summed E-state index contributed by atoms with van der Waals surface area (Å²) in [6.07, 6.45) is 3.20. The molecule has 0 aromatic heterocycles. The maximum atomic E-state index is 10.3. The average Bonchev–Trinajstić information content (AvgIpc) is 1.65. The highest BCUT2D eigenvalue weighted by Gasteiger charge is 1.79. The highest BCUT2D eigenvalue weighted by molar-refractivity contribution is 5.08. The van der Waals surface area contributed by atoms with Gasteiger partial charge >= 0.3 is 0 Å². The van der Waals surface area contributed by atoms with Crippen molar-refractivity contribution >= 4 is 0 Å². The lowest BCUT2D eigenvalue weighted by Crippen LogP contribution is -2.98. The van der Waals surface area contributed by atoms with Crippen LogP contribution >= 0.6 is 0 Å². The summed E-state index contributed by atoms with van der Waals surface area (Å²) < 4.78 is 0. The van der Waals surface area contributed by atoms with Gasteiger partial charge in [0.2, 0.25) is 0 Å². The predicted octanol–water partition coefficient (Wildman–Crippen LogP) is 0.0887. The second-order valence-corrected chi connectivity index (χ2v) is 1.70. The van der Waals surface area contributed by atoms with E-state index in [0.29, 0.717) is 0 Å². The van der Waals surface area contributed by atoms with Crippen molar-refractivity contribution in [3.63, 3.8) is 0 Å². The van der Waals surface area contributed by atoms with Crippen LogP contribution in [-0.2, 0) is 0 Å². The first-order valence-electron chi connectivity index (χ1n) is 2.48. The van der Waals surface area contributed by atoms with Crippen LogP contribution in [0.4, 0.5) is 0 Å². The maximum Gasteiger partial charge on any atom is 0.0969 e. The molecule has 0 aliphatic rings. The molecule has 1 atom stereocenters. The van der Waals surface area contributed by atoms with Gasteiger partial charge in [0, 0.05) is 5.57 Å².